The zero-order valence-corrected chi connectivity index (χ0v) is 10.4. The van der Waals surface area contributed by atoms with E-state index in [1.54, 1.807) is 6.20 Å². The van der Waals surface area contributed by atoms with Gasteiger partial charge in [-0.25, -0.2) is 0 Å². The summed E-state index contributed by atoms with van der Waals surface area (Å²) in [6.07, 6.45) is 2.51. The molecule has 0 aromatic carbocycles. The number of aliphatic hydroxyl groups is 1. The normalized spacial score (nSPS) is 25.8. The Kier molecular flexibility index (Phi) is 5.43. The molecule has 2 rings (SSSR count). The molecular weight excluding hydrogens is 200 g/mol. The molecule has 1 fully saturated rings. The minimum atomic E-state index is -0.274. The van der Waals surface area contributed by atoms with Crippen LogP contribution in [0.5, 0.6) is 0 Å². The molecule has 16 heavy (non-hydrogen) atoms. The SMILES string of the molecule is CC.CN1CCC(c2ccccn2)C(O)C1. The Labute approximate surface area is 98.1 Å². The van der Waals surface area contributed by atoms with E-state index in [4.69, 9.17) is 0 Å². The highest BCUT2D eigenvalue weighted by Crippen LogP contribution is 2.25. The minimum absolute atomic E-state index is 0.215. The van der Waals surface area contributed by atoms with Crippen LogP contribution in [-0.4, -0.2) is 41.2 Å². The molecule has 1 aromatic rings. The zero-order valence-electron chi connectivity index (χ0n) is 10.4. The lowest BCUT2D eigenvalue weighted by Gasteiger charge is -2.33. The minimum Gasteiger partial charge on any atom is -0.391 e. The predicted molar refractivity (Wildman–Crippen MR) is 66.4 cm³/mol. The summed E-state index contributed by atoms with van der Waals surface area (Å²) in [4.78, 5) is 6.46. The summed E-state index contributed by atoms with van der Waals surface area (Å²) in [5, 5.41) is 9.91. The van der Waals surface area contributed by atoms with Gasteiger partial charge < -0.3 is 10.0 Å². The lowest BCUT2D eigenvalue weighted by atomic mass is 9.91. The second-order valence-corrected chi connectivity index (χ2v) is 3.98. The molecule has 0 spiro atoms. The average Bonchev–Trinajstić information content (AvgIpc) is 2.33. The molecular formula is C13H22N2O. The van der Waals surface area contributed by atoms with Crippen molar-refractivity contribution in [3.8, 4) is 0 Å². The standard InChI is InChI=1S/C11H16N2O.C2H6/c1-13-7-5-9(11(14)8-13)10-4-2-3-6-12-10;1-2/h2-4,6,9,11,14H,5,7-8H2,1H3;1-2H3. The van der Waals surface area contributed by atoms with Gasteiger partial charge in [-0.15, -0.1) is 0 Å². The topological polar surface area (TPSA) is 36.4 Å². The first kappa shape index (κ1) is 13.1. The molecule has 90 valence electrons. The van der Waals surface area contributed by atoms with Crippen LogP contribution in [0.3, 0.4) is 0 Å². The molecule has 1 aromatic heterocycles. The van der Waals surface area contributed by atoms with E-state index in [-0.39, 0.29) is 12.0 Å². The molecule has 1 N–H and O–H groups in total. The van der Waals surface area contributed by atoms with Gasteiger partial charge in [0.1, 0.15) is 0 Å². The first-order valence-corrected chi connectivity index (χ1v) is 6.05. The van der Waals surface area contributed by atoms with Crippen LogP contribution in [0, 0.1) is 0 Å². The van der Waals surface area contributed by atoms with Gasteiger partial charge in [-0.2, -0.15) is 0 Å². The second kappa shape index (κ2) is 6.61. The van der Waals surface area contributed by atoms with E-state index in [0.29, 0.717) is 0 Å². The van der Waals surface area contributed by atoms with Crippen molar-refractivity contribution in [2.75, 3.05) is 20.1 Å². The molecule has 0 saturated carbocycles. The molecule has 1 aliphatic heterocycles. The Balaban J connectivity index is 0.000000606. The molecule has 1 saturated heterocycles. The van der Waals surface area contributed by atoms with Crippen molar-refractivity contribution >= 4 is 0 Å². The van der Waals surface area contributed by atoms with Gasteiger partial charge in [-0.1, -0.05) is 19.9 Å². The molecule has 0 radical (unpaired) electrons. The van der Waals surface area contributed by atoms with Crippen molar-refractivity contribution in [2.45, 2.75) is 32.3 Å². The molecule has 1 aliphatic rings. The third kappa shape index (κ3) is 3.29. The molecule has 0 amide bonds. The van der Waals surface area contributed by atoms with Crippen molar-refractivity contribution in [1.82, 2.24) is 9.88 Å². The van der Waals surface area contributed by atoms with Crippen LogP contribution in [0.1, 0.15) is 31.9 Å². The van der Waals surface area contributed by atoms with Crippen molar-refractivity contribution in [1.29, 1.82) is 0 Å². The highest BCUT2D eigenvalue weighted by atomic mass is 16.3. The van der Waals surface area contributed by atoms with E-state index in [1.807, 2.05) is 39.1 Å². The first-order chi connectivity index (χ1) is 7.77. The molecule has 3 heteroatoms. The third-order valence-corrected chi connectivity index (χ3v) is 2.85. The van der Waals surface area contributed by atoms with Gasteiger partial charge in [0, 0.05) is 24.4 Å². The Morgan fingerprint density at radius 3 is 2.69 bits per heavy atom. The monoisotopic (exact) mass is 222 g/mol. The number of nitrogens with zero attached hydrogens (tertiary/aromatic N) is 2. The van der Waals surface area contributed by atoms with Gasteiger partial charge in [0.15, 0.2) is 0 Å². The predicted octanol–water partition coefficient (Wildman–Crippen LogP) is 1.89. The number of hydrogen-bond acceptors (Lipinski definition) is 3. The molecule has 2 heterocycles. The van der Waals surface area contributed by atoms with E-state index in [0.717, 1.165) is 25.2 Å². The van der Waals surface area contributed by atoms with Gasteiger partial charge in [-0.3, -0.25) is 4.98 Å². The summed E-state index contributed by atoms with van der Waals surface area (Å²) in [7, 11) is 2.04. The summed E-state index contributed by atoms with van der Waals surface area (Å²) in [5.74, 6) is 0.215. The van der Waals surface area contributed by atoms with Crippen molar-refractivity contribution < 1.29 is 5.11 Å². The smallest absolute Gasteiger partial charge is 0.0750 e. The summed E-state index contributed by atoms with van der Waals surface area (Å²) in [6, 6.07) is 5.89. The van der Waals surface area contributed by atoms with Gasteiger partial charge in [-0.05, 0) is 32.1 Å². The lowest BCUT2D eigenvalue weighted by Crippen LogP contribution is -2.40. The van der Waals surface area contributed by atoms with Gasteiger partial charge >= 0.3 is 0 Å². The van der Waals surface area contributed by atoms with Gasteiger partial charge in [0.25, 0.3) is 0 Å². The average molecular weight is 222 g/mol. The van der Waals surface area contributed by atoms with Gasteiger partial charge in [0.05, 0.1) is 6.10 Å². The fourth-order valence-electron chi connectivity index (χ4n) is 2.03. The van der Waals surface area contributed by atoms with Crippen LogP contribution in [0.25, 0.3) is 0 Å². The number of β-amino-alcohol motifs (C(OH)–C–C–N with tert-alkyl or cyclic N) is 1. The van der Waals surface area contributed by atoms with Crippen LogP contribution in [0.4, 0.5) is 0 Å². The number of likely N-dealkylation sites (tertiary alicyclic amines) is 1. The fraction of sp³-hybridized carbons (Fsp3) is 0.615. The highest BCUT2D eigenvalue weighted by molar-refractivity contribution is 5.12. The van der Waals surface area contributed by atoms with Crippen molar-refractivity contribution in [3.05, 3.63) is 30.1 Å². The third-order valence-electron chi connectivity index (χ3n) is 2.85. The number of rotatable bonds is 1. The van der Waals surface area contributed by atoms with Gasteiger partial charge in [0.2, 0.25) is 0 Å². The number of aliphatic hydroxyl groups excluding tert-OH is 1. The molecule has 2 atom stereocenters. The molecule has 2 unspecified atom stereocenters. The summed E-state index contributed by atoms with van der Waals surface area (Å²) >= 11 is 0. The quantitative estimate of drug-likeness (QED) is 0.788. The van der Waals surface area contributed by atoms with E-state index < -0.39 is 0 Å². The lowest BCUT2D eigenvalue weighted by molar-refractivity contribution is 0.0624. The van der Waals surface area contributed by atoms with E-state index in [9.17, 15) is 5.11 Å². The Bertz CT molecular complexity index is 289. The number of likely N-dealkylation sites (N-methyl/N-ethyl adjacent to an activating group) is 1. The van der Waals surface area contributed by atoms with Crippen molar-refractivity contribution in [3.63, 3.8) is 0 Å². The van der Waals surface area contributed by atoms with Crippen LogP contribution in [-0.2, 0) is 0 Å². The molecule has 0 bridgehead atoms. The summed E-state index contributed by atoms with van der Waals surface area (Å²) in [5.41, 5.74) is 1.02. The van der Waals surface area contributed by atoms with E-state index in [2.05, 4.69) is 9.88 Å². The maximum absolute atomic E-state index is 9.91. The number of pyridine rings is 1. The first-order valence-electron chi connectivity index (χ1n) is 6.05. The number of piperidine rings is 1. The van der Waals surface area contributed by atoms with Crippen LogP contribution in [0.2, 0.25) is 0 Å². The Morgan fingerprint density at radius 1 is 1.38 bits per heavy atom. The molecule has 0 aliphatic carbocycles. The maximum atomic E-state index is 9.91. The van der Waals surface area contributed by atoms with E-state index >= 15 is 0 Å². The summed E-state index contributed by atoms with van der Waals surface area (Å²) in [6.45, 7) is 5.79. The van der Waals surface area contributed by atoms with Crippen molar-refractivity contribution in [2.24, 2.45) is 0 Å². The Morgan fingerprint density at radius 2 is 2.12 bits per heavy atom. The van der Waals surface area contributed by atoms with Crippen LogP contribution < -0.4 is 0 Å². The Hall–Kier alpha value is -0.930. The highest BCUT2D eigenvalue weighted by Gasteiger charge is 2.27. The number of hydrogen-bond donors (Lipinski definition) is 1. The number of aromatic nitrogens is 1. The fourth-order valence-corrected chi connectivity index (χ4v) is 2.03. The second-order valence-electron chi connectivity index (χ2n) is 3.98. The van der Waals surface area contributed by atoms with Crippen LogP contribution in [0.15, 0.2) is 24.4 Å². The largest absolute Gasteiger partial charge is 0.391 e. The maximum Gasteiger partial charge on any atom is 0.0750 e. The summed E-state index contributed by atoms with van der Waals surface area (Å²) < 4.78 is 0. The molecule has 3 nitrogen and oxygen atoms in total. The zero-order chi connectivity index (χ0) is 12.0. The van der Waals surface area contributed by atoms with Crippen LogP contribution >= 0.6 is 0 Å². The van der Waals surface area contributed by atoms with E-state index in [1.165, 1.54) is 0 Å².